The van der Waals surface area contributed by atoms with Crippen molar-refractivity contribution in [1.82, 2.24) is 5.32 Å². The van der Waals surface area contributed by atoms with E-state index in [2.05, 4.69) is 33.4 Å². The maximum absolute atomic E-state index is 11.6. The van der Waals surface area contributed by atoms with Crippen molar-refractivity contribution in [3.8, 4) is 0 Å². The van der Waals surface area contributed by atoms with Gasteiger partial charge in [-0.3, -0.25) is 4.79 Å². The van der Waals surface area contributed by atoms with Crippen LogP contribution in [0.15, 0.2) is 28.7 Å². The number of hydrogen-bond acceptors (Lipinski definition) is 3. The molecule has 0 radical (unpaired) electrons. The van der Waals surface area contributed by atoms with E-state index < -0.39 is 0 Å². The van der Waals surface area contributed by atoms with Gasteiger partial charge >= 0.3 is 5.97 Å². The van der Waals surface area contributed by atoms with E-state index in [-0.39, 0.29) is 12.0 Å². The summed E-state index contributed by atoms with van der Waals surface area (Å²) in [7, 11) is 0. The van der Waals surface area contributed by atoms with E-state index in [9.17, 15) is 4.79 Å². The Balaban J connectivity index is 1.86. The second-order valence-corrected chi connectivity index (χ2v) is 5.49. The van der Waals surface area contributed by atoms with E-state index in [0.29, 0.717) is 12.6 Å². The van der Waals surface area contributed by atoms with Gasteiger partial charge in [0.05, 0.1) is 6.61 Å². The summed E-state index contributed by atoms with van der Waals surface area (Å²) in [5.41, 5.74) is 1.29. The summed E-state index contributed by atoms with van der Waals surface area (Å²) in [5.74, 6) is -0.115. The van der Waals surface area contributed by atoms with E-state index >= 15 is 0 Å². The highest BCUT2D eigenvalue weighted by molar-refractivity contribution is 9.10. The maximum Gasteiger partial charge on any atom is 0.323 e. The molecule has 0 aromatic heterocycles. The van der Waals surface area contributed by atoms with Crippen LogP contribution in [-0.4, -0.2) is 24.7 Å². The molecule has 18 heavy (non-hydrogen) atoms. The molecule has 0 bridgehead atoms. The van der Waals surface area contributed by atoms with Gasteiger partial charge in [0.15, 0.2) is 0 Å². The van der Waals surface area contributed by atoms with E-state index in [4.69, 9.17) is 4.74 Å². The number of carbonyl (C=O) groups is 1. The topological polar surface area (TPSA) is 38.3 Å². The lowest BCUT2D eigenvalue weighted by Gasteiger charge is -2.13. The minimum atomic E-state index is -0.120. The standard InChI is InChI=1S/C14H18BrNO2/c1-2-18-14(17)13-8-7-12(16-13)9-10-3-5-11(15)6-4-10/h3-6,12-13,16H,2,7-9H2,1H3/t12-,13+/m1/s1. The van der Waals surface area contributed by atoms with Crippen molar-refractivity contribution < 1.29 is 9.53 Å². The second kappa shape index (κ2) is 6.34. The molecule has 2 atom stereocenters. The Morgan fingerprint density at radius 2 is 2.11 bits per heavy atom. The fourth-order valence-corrected chi connectivity index (χ4v) is 2.58. The van der Waals surface area contributed by atoms with Crippen LogP contribution in [0.2, 0.25) is 0 Å². The number of rotatable bonds is 4. The summed E-state index contributed by atoms with van der Waals surface area (Å²) in [4.78, 5) is 11.6. The molecular weight excluding hydrogens is 294 g/mol. The second-order valence-electron chi connectivity index (χ2n) is 4.58. The van der Waals surface area contributed by atoms with Crippen LogP contribution in [0.4, 0.5) is 0 Å². The molecule has 1 aliphatic heterocycles. The number of carbonyl (C=O) groups excluding carboxylic acids is 1. The van der Waals surface area contributed by atoms with Gasteiger partial charge in [-0.15, -0.1) is 0 Å². The first-order valence-corrected chi connectivity index (χ1v) is 7.15. The van der Waals surface area contributed by atoms with Crippen LogP contribution in [-0.2, 0) is 16.0 Å². The molecule has 1 fully saturated rings. The Bertz CT molecular complexity index is 405. The van der Waals surface area contributed by atoms with E-state index in [1.807, 2.05) is 19.1 Å². The fraction of sp³-hybridized carbons (Fsp3) is 0.500. The molecule has 3 nitrogen and oxygen atoms in total. The van der Waals surface area contributed by atoms with E-state index in [1.165, 1.54) is 5.56 Å². The largest absolute Gasteiger partial charge is 0.465 e. The summed E-state index contributed by atoms with van der Waals surface area (Å²) in [6.45, 7) is 2.29. The molecule has 1 heterocycles. The molecule has 0 aliphatic carbocycles. The number of ether oxygens (including phenoxy) is 1. The molecule has 1 aliphatic rings. The third-order valence-corrected chi connectivity index (χ3v) is 3.74. The first-order chi connectivity index (χ1) is 8.69. The minimum Gasteiger partial charge on any atom is -0.465 e. The van der Waals surface area contributed by atoms with Gasteiger partial charge in [-0.2, -0.15) is 0 Å². The predicted molar refractivity (Wildman–Crippen MR) is 74.4 cm³/mol. The molecule has 2 rings (SSSR count). The Morgan fingerprint density at radius 3 is 2.78 bits per heavy atom. The fourth-order valence-electron chi connectivity index (χ4n) is 2.31. The van der Waals surface area contributed by atoms with Gasteiger partial charge in [0.1, 0.15) is 6.04 Å². The van der Waals surface area contributed by atoms with E-state index in [1.54, 1.807) is 0 Å². The number of esters is 1. The maximum atomic E-state index is 11.6. The van der Waals surface area contributed by atoms with Crippen molar-refractivity contribution in [2.24, 2.45) is 0 Å². The number of nitrogens with one attached hydrogen (secondary N) is 1. The van der Waals surface area contributed by atoms with Gasteiger partial charge in [0, 0.05) is 10.5 Å². The van der Waals surface area contributed by atoms with Crippen LogP contribution in [0, 0.1) is 0 Å². The van der Waals surface area contributed by atoms with Crippen molar-refractivity contribution in [3.05, 3.63) is 34.3 Å². The zero-order chi connectivity index (χ0) is 13.0. The van der Waals surface area contributed by atoms with Crippen molar-refractivity contribution in [2.45, 2.75) is 38.3 Å². The first kappa shape index (κ1) is 13.6. The lowest BCUT2D eigenvalue weighted by atomic mass is 10.0. The van der Waals surface area contributed by atoms with Gasteiger partial charge in [-0.05, 0) is 43.9 Å². The van der Waals surface area contributed by atoms with Gasteiger partial charge < -0.3 is 10.1 Å². The monoisotopic (exact) mass is 311 g/mol. The number of hydrogen-bond donors (Lipinski definition) is 1. The summed E-state index contributed by atoms with van der Waals surface area (Å²) in [6, 6.07) is 8.58. The highest BCUT2D eigenvalue weighted by atomic mass is 79.9. The van der Waals surface area contributed by atoms with E-state index in [0.717, 1.165) is 23.7 Å². The molecule has 0 spiro atoms. The van der Waals surface area contributed by atoms with Crippen LogP contribution in [0.5, 0.6) is 0 Å². The molecule has 1 aromatic carbocycles. The summed E-state index contributed by atoms with van der Waals surface area (Å²) < 4.78 is 6.13. The van der Waals surface area contributed by atoms with Crippen molar-refractivity contribution >= 4 is 21.9 Å². The Morgan fingerprint density at radius 1 is 1.39 bits per heavy atom. The van der Waals surface area contributed by atoms with Gasteiger partial charge in [0.2, 0.25) is 0 Å². The lowest BCUT2D eigenvalue weighted by molar-refractivity contribution is -0.145. The number of halogens is 1. The Labute approximate surface area is 116 Å². The SMILES string of the molecule is CCOC(=O)[C@@H]1CC[C@H](Cc2ccc(Br)cc2)N1. The van der Waals surface area contributed by atoms with Crippen LogP contribution in [0.1, 0.15) is 25.3 Å². The molecule has 98 valence electrons. The van der Waals surface area contributed by atoms with Crippen LogP contribution >= 0.6 is 15.9 Å². The molecule has 0 unspecified atom stereocenters. The Hall–Kier alpha value is -0.870. The summed E-state index contributed by atoms with van der Waals surface area (Å²) in [5, 5.41) is 3.35. The summed E-state index contributed by atoms with van der Waals surface area (Å²) in [6.07, 6.45) is 2.86. The average Bonchev–Trinajstić information content (AvgIpc) is 2.81. The smallest absolute Gasteiger partial charge is 0.323 e. The third-order valence-electron chi connectivity index (χ3n) is 3.21. The quantitative estimate of drug-likeness (QED) is 0.869. The highest BCUT2D eigenvalue weighted by Crippen LogP contribution is 2.19. The third kappa shape index (κ3) is 3.56. The molecular formula is C14H18BrNO2. The molecule has 1 N–H and O–H groups in total. The van der Waals surface area contributed by atoms with Crippen LogP contribution < -0.4 is 5.32 Å². The minimum absolute atomic E-state index is 0.115. The molecule has 0 amide bonds. The van der Waals surface area contributed by atoms with Gasteiger partial charge in [-0.1, -0.05) is 28.1 Å². The van der Waals surface area contributed by atoms with Gasteiger partial charge in [-0.25, -0.2) is 0 Å². The van der Waals surface area contributed by atoms with Crippen molar-refractivity contribution in [3.63, 3.8) is 0 Å². The average molecular weight is 312 g/mol. The number of benzene rings is 1. The van der Waals surface area contributed by atoms with Gasteiger partial charge in [0.25, 0.3) is 0 Å². The zero-order valence-electron chi connectivity index (χ0n) is 10.5. The summed E-state index contributed by atoms with van der Waals surface area (Å²) >= 11 is 3.43. The molecule has 0 saturated carbocycles. The van der Waals surface area contributed by atoms with Crippen LogP contribution in [0.3, 0.4) is 0 Å². The Kier molecular flexibility index (Phi) is 4.78. The lowest BCUT2D eigenvalue weighted by Crippen LogP contribution is -2.37. The predicted octanol–water partition coefficient (Wildman–Crippen LogP) is 2.68. The molecule has 4 heteroatoms. The van der Waals surface area contributed by atoms with Crippen molar-refractivity contribution in [1.29, 1.82) is 0 Å². The van der Waals surface area contributed by atoms with Crippen molar-refractivity contribution in [2.75, 3.05) is 6.61 Å². The zero-order valence-corrected chi connectivity index (χ0v) is 12.1. The molecule has 1 saturated heterocycles. The normalized spacial score (nSPS) is 23.0. The van der Waals surface area contributed by atoms with Crippen LogP contribution in [0.25, 0.3) is 0 Å². The highest BCUT2D eigenvalue weighted by Gasteiger charge is 2.29. The first-order valence-electron chi connectivity index (χ1n) is 6.36. The molecule has 1 aromatic rings.